The Morgan fingerprint density at radius 3 is 2.79 bits per heavy atom. The molecule has 128 valence electrons. The number of aryl methyl sites for hydroxylation is 2. The number of rotatable bonds is 6. The lowest BCUT2D eigenvalue weighted by Gasteiger charge is -2.09. The second kappa shape index (κ2) is 7.81. The van der Waals surface area contributed by atoms with E-state index < -0.39 is 0 Å². The van der Waals surface area contributed by atoms with Crippen LogP contribution in [0.3, 0.4) is 0 Å². The lowest BCUT2D eigenvalue weighted by Crippen LogP contribution is -2.32. The number of carbonyl (C=O) groups excluding carboxylic acids is 1. The fourth-order valence-electron chi connectivity index (χ4n) is 2.69. The van der Waals surface area contributed by atoms with E-state index >= 15 is 0 Å². The minimum Gasteiger partial charge on any atom is -0.411 e. The summed E-state index contributed by atoms with van der Waals surface area (Å²) in [7, 11) is 0. The van der Waals surface area contributed by atoms with E-state index in [9.17, 15) is 4.79 Å². The van der Waals surface area contributed by atoms with E-state index in [0.29, 0.717) is 17.7 Å². The summed E-state index contributed by atoms with van der Waals surface area (Å²) >= 11 is 1.24. The molecule has 0 spiro atoms. The number of thioether (sulfide) groups is 1. The number of nitrogens with one attached hydrogen (secondary N) is 1. The molecule has 3 rings (SSSR count). The van der Waals surface area contributed by atoms with Gasteiger partial charge in [0.1, 0.15) is 0 Å². The van der Waals surface area contributed by atoms with Crippen molar-refractivity contribution >= 4 is 17.7 Å². The summed E-state index contributed by atoms with van der Waals surface area (Å²) in [6.45, 7) is 5.41. The third kappa shape index (κ3) is 4.58. The number of carbonyl (C=O) groups is 1. The molecule has 1 amide bonds. The number of nitrogens with zero attached hydrogens (tertiary/aromatic N) is 2. The van der Waals surface area contributed by atoms with Crippen LogP contribution in [0.4, 0.5) is 0 Å². The van der Waals surface area contributed by atoms with Gasteiger partial charge in [0.15, 0.2) is 0 Å². The quantitative estimate of drug-likeness (QED) is 0.810. The largest absolute Gasteiger partial charge is 0.411 e. The zero-order valence-corrected chi connectivity index (χ0v) is 14.7. The number of hydrogen-bond donors (Lipinski definition) is 1. The molecule has 0 radical (unpaired) electrons. The van der Waals surface area contributed by atoms with Crippen LogP contribution < -0.4 is 5.32 Å². The summed E-state index contributed by atoms with van der Waals surface area (Å²) in [5, 5.41) is 11.3. The van der Waals surface area contributed by atoms with Gasteiger partial charge < -0.3 is 14.5 Å². The Morgan fingerprint density at radius 2 is 2.08 bits per heavy atom. The Morgan fingerprint density at radius 1 is 1.29 bits per heavy atom. The summed E-state index contributed by atoms with van der Waals surface area (Å²) in [5.41, 5.74) is 3.19. The molecule has 24 heavy (non-hydrogen) atoms. The van der Waals surface area contributed by atoms with Crippen molar-refractivity contribution in [2.24, 2.45) is 0 Å². The van der Waals surface area contributed by atoms with E-state index in [1.165, 1.54) is 11.8 Å². The highest BCUT2D eigenvalue weighted by Crippen LogP contribution is 2.24. The third-order valence-electron chi connectivity index (χ3n) is 3.75. The van der Waals surface area contributed by atoms with E-state index in [0.717, 1.165) is 36.1 Å². The van der Waals surface area contributed by atoms with Gasteiger partial charge in [-0.05, 0) is 38.8 Å². The zero-order chi connectivity index (χ0) is 16.9. The van der Waals surface area contributed by atoms with E-state index in [-0.39, 0.29) is 17.8 Å². The molecule has 1 fully saturated rings. The topological polar surface area (TPSA) is 77.2 Å². The standard InChI is InChI=1S/C17H21N3O3S/c1-11-6-12(2)8-13(7-11)16-19-20-17(23-16)24-10-15(21)18-9-14-4-3-5-22-14/h6-8,14H,3-5,9-10H2,1-2H3,(H,18,21)/t14-/m1/s1. The van der Waals surface area contributed by atoms with Crippen molar-refractivity contribution < 1.29 is 13.9 Å². The molecule has 2 aromatic rings. The summed E-state index contributed by atoms with van der Waals surface area (Å²) in [6, 6.07) is 6.10. The Kier molecular flexibility index (Phi) is 5.52. The van der Waals surface area contributed by atoms with Crippen LogP contribution in [-0.4, -0.2) is 41.1 Å². The molecule has 0 aliphatic carbocycles. The van der Waals surface area contributed by atoms with E-state index in [4.69, 9.17) is 9.15 Å². The molecule has 1 aliphatic heterocycles. The van der Waals surface area contributed by atoms with Crippen LogP contribution in [0.15, 0.2) is 27.8 Å². The number of hydrogen-bond acceptors (Lipinski definition) is 6. The van der Waals surface area contributed by atoms with Gasteiger partial charge in [0.2, 0.25) is 11.8 Å². The molecule has 1 aromatic heterocycles. The predicted octanol–water partition coefficient (Wildman–Crippen LogP) is 2.74. The third-order valence-corrected chi connectivity index (χ3v) is 4.57. The van der Waals surface area contributed by atoms with Crippen LogP contribution in [-0.2, 0) is 9.53 Å². The number of aromatic nitrogens is 2. The number of benzene rings is 1. The SMILES string of the molecule is Cc1cc(C)cc(-c2nnc(SCC(=O)NC[C@H]3CCCO3)o2)c1. The van der Waals surface area contributed by atoms with Crippen molar-refractivity contribution in [3.63, 3.8) is 0 Å². The average Bonchev–Trinajstić information content (AvgIpc) is 3.21. The second-order valence-electron chi connectivity index (χ2n) is 5.98. The molecular formula is C17H21N3O3S. The summed E-state index contributed by atoms with van der Waals surface area (Å²) in [4.78, 5) is 11.9. The van der Waals surface area contributed by atoms with Crippen molar-refractivity contribution in [1.82, 2.24) is 15.5 Å². The first-order valence-corrected chi connectivity index (χ1v) is 9.02. The van der Waals surface area contributed by atoms with Crippen LogP contribution >= 0.6 is 11.8 Å². The van der Waals surface area contributed by atoms with Gasteiger partial charge in [-0.2, -0.15) is 0 Å². The van der Waals surface area contributed by atoms with Crippen molar-refractivity contribution in [3.8, 4) is 11.5 Å². The second-order valence-corrected chi connectivity index (χ2v) is 6.90. The number of ether oxygens (including phenoxy) is 1. The zero-order valence-electron chi connectivity index (χ0n) is 13.9. The summed E-state index contributed by atoms with van der Waals surface area (Å²) in [6.07, 6.45) is 2.23. The lowest BCUT2D eigenvalue weighted by molar-refractivity contribution is -0.119. The first-order valence-electron chi connectivity index (χ1n) is 8.03. The first-order chi connectivity index (χ1) is 11.6. The molecular weight excluding hydrogens is 326 g/mol. The molecule has 1 saturated heterocycles. The van der Waals surface area contributed by atoms with Crippen LogP contribution in [0.25, 0.3) is 11.5 Å². The van der Waals surface area contributed by atoms with Gasteiger partial charge in [-0.25, -0.2) is 0 Å². The van der Waals surface area contributed by atoms with Crippen LogP contribution in [0, 0.1) is 13.8 Å². The molecule has 1 N–H and O–H groups in total. The Balaban J connectivity index is 1.51. The van der Waals surface area contributed by atoms with E-state index in [1.54, 1.807) is 0 Å². The predicted molar refractivity (Wildman–Crippen MR) is 91.9 cm³/mol. The van der Waals surface area contributed by atoms with Gasteiger partial charge in [0.25, 0.3) is 5.22 Å². The fraction of sp³-hybridized carbons (Fsp3) is 0.471. The Hall–Kier alpha value is -1.86. The van der Waals surface area contributed by atoms with Gasteiger partial charge in [-0.1, -0.05) is 29.0 Å². The summed E-state index contributed by atoms with van der Waals surface area (Å²) in [5.74, 6) is 0.673. The van der Waals surface area contributed by atoms with Gasteiger partial charge >= 0.3 is 0 Å². The average molecular weight is 347 g/mol. The van der Waals surface area contributed by atoms with Crippen LogP contribution in [0.5, 0.6) is 0 Å². The molecule has 7 heteroatoms. The normalized spacial score (nSPS) is 17.2. The minimum absolute atomic E-state index is 0.0540. The lowest BCUT2D eigenvalue weighted by atomic mass is 10.1. The first kappa shape index (κ1) is 17.0. The fourth-order valence-corrected chi connectivity index (χ4v) is 3.29. The van der Waals surface area contributed by atoms with Crippen molar-refractivity contribution in [3.05, 3.63) is 29.3 Å². The molecule has 1 atom stereocenters. The molecule has 2 heterocycles. The van der Waals surface area contributed by atoms with Crippen molar-refractivity contribution in [1.29, 1.82) is 0 Å². The molecule has 1 aliphatic rings. The minimum atomic E-state index is -0.0540. The number of amides is 1. The van der Waals surface area contributed by atoms with E-state index in [2.05, 4.69) is 21.6 Å². The monoisotopic (exact) mass is 347 g/mol. The molecule has 1 aromatic carbocycles. The van der Waals surface area contributed by atoms with Gasteiger partial charge in [-0.3, -0.25) is 4.79 Å². The highest BCUT2D eigenvalue weighted by Gasteiger charge is 2.17. The molecule has 6 nitrogen and oxygen atoms in total. The maximum Gasteiger partial charge on any atom is 0.277 e. The maximum absolute atomic E-state index is 11.9. The van der Waals surface area contributed by atoms with Crippen molar-refractivity contribution in [2.75, 3.05) is 18.9 Å². The molecule has 0 bridgehead atoms. The summed E-state index contributed by atoms with van der Waals surface area (Å²) < 4.78 is 11.1. The van der Waals surface area contributed by atoms with Gasteiger partial charge in [0.05, 0.1) is 11.9 Å². The Bertz CT molecular complexity index is 691. The van der Waals surface area contributed by atoms with E-state index in [1.807, 2.05) is 26.0 Å². The van der Waals surface area contributed by atoms with Crippen LogP contribution in [0.2, 0.25) is 0 Å². The van der Waals surface area contributed by atoms with Crippen molar-refractivity contribution in [2.45, 2.75) is 38.0 Å². The Labute approximate surface area is 145 Å². The van der Waals surface area contributed by atoms with Crippen LogP contribution in [0.1, 0.15) is 24.0 Å². The van der Waals surface area contributed by atoms with Gasteiger partial charge in [-0.15, -0.1) is 10.2 Å². The molecule has 0 saturated carbocycles. The highest BCUT2D eigenvalue weighted by molar-refractivity contribution is 7.99. The smallest absolute Gasteiger partial charge is 0.277 e. The maximum atomic E-state index is 11.9. The highest BCUT2D eigenvalue weighted by atomic mass is 32.2. The molecule has 0 unspecified atom stereocenters. The van der Waals surface area contributed by atoms with Gasteiger partial charge in [0, 0.05) is 18.7 Å².